The fourth-order valence-corrected chi connectivity index (χ4v) is 3.64. The summed E-state index contributed by atoms with van der Waals surface area (Å²) < 4.78 is 10.4. The van der Waals surface area contributed by atoms with Gasteiger partial charge in [0.05, 0.1) is 31.7 Å². The largest absolute Gasteiger partial charge is 0.497 e. The Labute approximate surface area is 134 Å². The van der Waals surface area contributed by atoms with E-state index < -0.39 is 17.8 Å². The SMILES string of the molecule is COc1ccc(OC)c(NC(=O)[C@@H]2[C@H](C(=O)O)[C@H]3C=C[C@H]2C3)c1. The summed E-state index contributed by atoms with van der Waals surface area (Å²) in [6.45, 7) is 0. The maximum Gasteiger partial charge on any atom is 0.307 e. The monoisotopic (exact) mass is 317 g/mol. The number of carboxylic acids is 1. The summed E-state index contributed by atoms with van der Waals surface area (Å²) in [5, 5.41) is 12.3. The van der Waals surface area contributed by atoms with E-state index in [-0.39, 0.29) is 17.7 Å². The third kappa shape index (κ3) is 2.65. The number of carbonyl (C=O) groups excluding carboxylic acids is 1. The highest BCUT2D eigenvalue weighted by Crippen LogP contribution is 2.48. The average Bonchev–Trinajstić information content (AvgIpc) is 3.15. The Kier molecular flexibility index (Phi) is 3.98. The Morgan fingerprint density at radius 3 is 2.43 bits per heavy atom. The van der Waals surface area contributed by atoms with Crippen LogP contribution >= 0.6 is 0 Å². The van der Waals surface area contributed by atoms with Gasteiger partial charge < -0.3 is 19.9 Å². The number of aliphatic carboxylic acids is 1. The molecule has 2 aliphatic carbocycles. The lowest BCUT2D eigenvalue weighted by Gasteiger charge is -2.24. The quantitative estimate of drug-likeness (QED) is 0.813. The van der Waals surface area contributed by atoms with Gasteiger partial charge in [-0.25, -0.2) is 0 Å². The molecule has 122 valence electrons. The second kappa shape index (κ2) is 5.95. The number of benzene rings is 1. The molecule has 3 rings (SSSR count). The van der Waals surface area contributed by atoms with Crippen LogP contribution in [0.4, 0.5) is 5.69 Å². The van der Waals surface area contributed by atoms with Crippen LogP contribution in [0.15, 0.2) is 30.4 Å². The predicted octanol–water partition coefficient (Wildman–Crippen LogP) is 2.17. The highest BCUT2D eigenvalue weighted by molar-refractivity contribution is 5.97. The van der Waals surface area contributed by atoms with E-state index >= 15 is 0 Å². The maximum absolute atomic E-state index is 12.7. The fourth-order valence-electron chi connectivity index (χ4n) is 3.64. The molecule has 6 heteroatoms. The molecular formula is C17H19NO5. The summed E-state index contributed by atoms with van der Waals surface area (Å²) in [5.41, 5.74) is 0.479. The molecule has 1 aromatic carbocycles. The molecule has 4 atom stereocenters. The molecule has 2 N–H and O–H groups in total. The number of fused-ring (bicyclic) bond motifs is 2. The molecule has 0 aromatic heterocycles. The van der Waals surface area contributed by atoms with Crippen molar-refractivity contribution in [1.82, 2.24) is 0 Å². The minimum atomic E-state index is -0.917. The van der Waals surface area contributed by atoms with E-state index in [2.05, 4.69) is 5.32 Å². The number of hydrogen-bond donors (Lipinski definition) is 2. The molecule has 0 heterocycles. The van der Waals surface area contributed by atoms with E-state index in [9.17, 15) is 14.7 Å². The average molecular weight is 317 g/mol. The van der Waals surface area contributed by atoms with Crippen molar-refractivity contribution in [3.63, 3.8) is 0 Å². The Hall–Kier alpha value is -2.50. The number of amides is 1. The van der Waals surface area contributed by atoms with Crippen LogP contribution in [0, 0.1) is 23.7 Å². The van der Waals surface area contributed by atoms with Gasteiger partial charge in [-0.3, -0.25) is 9.59 Å². The maximum atomic E-state index is 12.7. The number of allylic oxidation sites excluding steroid dienone is 2. The molecule has 0 unspecified atom stereocenters. The fraction of sp³-hybridized carbons (Fsp3) is 0.412. The van der Waals surface area contributed by atoms with Gasteiger partial charge in [0, 0.05) is 6.07 Å². The van der Waals surface area contributed by atoms with Crippen LogP contribution in [-0.4, -0.2) is 31.2 Å². The lowest BCUT2D eigenvalue weighted by molar-refractivity contribution is -0.146. The van der Waals surface area contributed by atoms with Crippen molar-refractivity contribution in [2.75, 3.05) is 19.5 Å². The van der Waals surface area contributed by atoms with Gasteiger partial charge in [-0.15, -0.1) is 0 Å². The number of anilines is 1. The minimum Gasteiger partial charge on any atom is -0.497 e. The van der Waals surface area contributed by atoms with Crippen molar-refractivity contribution in [3.05, 3.63) is 30.4 Å². The highest BCUT2D eigenvalue weighted by atomic mass is 16.5. The van der Waals surface area contributed by atoms with Crippen LogP contribution in [0.3, 0.4) is 0 Å². The third-order valence-corrected chi connectivity index (χ3v) is 4.71. The van der Waals surface area contributed by atoms with Crippen LogP contribution in [0.25, 0.3) is 0 Å². The van der Waals surface area contributed by atoms with E-state index in [1.54, 1.807) is 18.2 Å². The Morgan fingerprint density at radius 2 is 1.83 bits per heavy atom. The molecule has 0 aliphatic heterocycles. The van der Waals surface area contributed by atoms with Crippen molar-refractivity contribution in [2.24, 2.45) is 23.7 Å². The van der Waals surface area contributed by atoms with E-state index in [1.165, 1.54) is 14.2 Å². The number of ether oxygens (including phenoxy) is 2. The van der Waals surface area contributed by atoms with Crippen LogP contribution < -0.4 is 14.8 Å². The normalized spacial score (nSPS) is 27.7. The first kappa shape index (κ1) is 15.4. The zero-order valence-corrected chi connectivity index (χ0v) is 13.0. The van der Waals surface area contributed by atoms with E-state index in [1.807, 2.05) is 12.2 Å². The first-order valence-corrected chi connectivity index (χ1v) is 7.49. The van der Waals surface area contributed by atoms with E-state index in [0.29, 0.717) is 17.2 Å². The first-order valence-electron chi connectivity index (χ1n) is 7.49. The first-order chi connectivity index (χ1) is 11.0. The van der Waals surface area contributed by atoms with E-state index in [0.717, 1.165) is 6.42 Å². The predicted molar refractivity (Wildman–Crippen MR) is 83.5 cm³/mol. The molecule has 0 radical (unpaired) electrons. The van der Waals surface area contributed by atoms with Crippen molar-refractivity contribution in [1.29, 1.82) is 0 Å². The van der Waals surface area contributed by atoms with Crippen LogP contribution in [0.5, 0.6) is 11.5 Å². The summed E-state index contributed by atoms with van der Waals surface area (Å²) in [6.07, 6.45) is 4.60. The zero-order chi connectivity index (χ0) is 16.6. The van der Waals surface area contributed by atoms with Gasteiger partial charge in [0.15, 0.2) is 0 Å². The topological polar surface area (TPSA) is 84.9 Å². The third-order valence-electron chi connectivity index (χ3n) is 4.71. The smallest absolute Gasteiger partial charge is 0.307 e. The van der Waals surface area contributed by atoms with Gasteiger partial charge in [-0.1, -0.05) is 12.2 Å². The lowest BCUT2D eigenvalue weighted by atomic mass is 9.82. The van der Waals surface area contributed by atoms with Gasteiger partial charge in [-0.2, -0.15) is 0 Å². The summed E-state index contributed by atoms with van der Waals surface area (Å²) >= 11 is 0. The summed E-state index contributed by atoms with van der Waals surface area (Å²) in [5.74, 6) is -1.41. The van der Waals surface area contributed by atoms with Gasteiger partial charge in [0.1, 0.15) is 11.5 Å². The lowest BCUT2D eigenvalue weighted by Crippen LogP contribution is -2.36. The molecule has 1 fully saturated rings. The highest BCUT2D eigenvalue weighted by Gasteiger charge is 2.51. The van der Waals surface area contributed by atoms with Crippen molar-refractivity contribution >= 4 is 17.6 Å². The Balaban J connectivity index is 1.84. The van der Waals surface area contributed by atoms with Crippen molar-refractivity contribution < 1.29 is 24.2 Å². The minimum absolute atomic E-state index is 0.0160. The molecule has 1 aromatic rings. The molecule has 23 heavy (non-hydrogen) atoms. The number of hydrogen-bond acceptors (Lipinski definition) is 4. The number of carbonyl (C=O) groups is 2. The van der Waals surface area contributed by atoms with Crippen molar-refractivity contribution in [3.8, 4) is 11.5 Å². The van der Waals surface area contributed by atoms with Gasteiger partial charge >= 0.3 is 5.97 Å². The van der Waals surface area contributed by atoms with Crippen molar-refractivity contribution in [2.45, 2.75) is 6.42 Å². The number of carboxylic acid groups (broad SMARTS) is 1. The molecule has 2 bridgehead atoms. The zero-order valence-electron chi connectivity index (χ0n) is 13.0. The molecule has 0 spiro atoms. The van der Waals surface area contributed by atoms with E-state index in [4.69, 9.17) is 9.47 Å². The Bertz CT molecular complexity index is 669. The summed E-state index contributed by atoms with van der Waals surface area (Å²) in [4.78, 5) is 24.2. The molecule has 2 aliphatic rings. The summed E-state index contributed by atoms with van der Waals surface area (Å²) in [6, 6.07) is 5.09. The summed E-state index contributed by atoms with van der Waals surface area (Å²) in [7, 11) is 3.05. The van der Waals surface area contributed by atoms with Crippen LogP contribution in [-0.2, 0) is 9.59 Å². The van der Waals surface area contributed by atoms with Gasteiger partial charge in [0.2, 0.25) is 5.91 Å². The number of methoxy groups -OCH3 is 2. The second-order valence-electron chi connectivity index (χ2n) is 5.89. The van der Waals surface area contributed by atoms with Crippen LogP contribution in [0.2, 0.25) is 0 Å². The second-order valence-corrected chi connectivity index (χ2v) is 5.89. The van der Waals surface area contributed by atoms with Crippen LogP contribution in [0.1, 0.15) is 6.42 Å². The molecular weight excluding hydrogens is 298 g/mol. The van der Waals surface area contributed by atoms with Gasteiger partial charge in [0.25, 0.3) is 0 Å². The molecule has 1 amide bonds. The molecule has 6 nitrogen and oxygen atoms in total. The number of nitrogens with one attached hydrogen (secondary N) is 1. The van der Waals surface area contributed by atoms with Gasteiger partial charge in [-0.05, 0) is 30.4 Å². The molecule has 1 saturated carbocycles. The standard InChI is InChI=1S/C17H19NO5/c1-22-11-5-6-13(23-2)12(8-11)18-16(19)14-9-3-4-10(7-9)15(14)17(20)21/h3-6,8-10,14-15H,7H2,1-2H3,(H,18,19)(H,20,21)/t9-,10-,14-,15+/m0/s1. The number of rotatable bonds is 5. The Morgan fingerprint density at radius 1 is 1.13 bits per heavy atom. The molecule has 0 saturated heterocycles.